The van der Waals surface area contributed by atoms with Crippen molar-refractivity contribution in [3.8, 4) is 0 Å². The van der Waals surface area contributed by atoms with Crippen molar-refractivity contribution in [3.05, 3.63) is 94.1 Å². The summed E-state index contributed by atoms with van der Waals surface area (Å²) < 4.78 is 14.1. The largest absolute Gasteiger partial charge is 0.367 e. The number of fused-ring (bicyclic) bond motifs is 1. The average molecular weight is 565 g/mol. The van der Waals surface area contributed by atoms with Gasteiger partial charge in [0.2, 0.25) is 5.91 Å². The van der Waals surface area contributed by atoms with E-state index in [0.717, 1.165) is 55.3 Å². The number of halogens is 2. The monoisotopic (exact) mass is 564 g/mol. The Balaban J connectivity index is 1.12. The third-order valence-corrected chi connectivity index (χ3v) is 8.13. The summed E-state index contributed by atoms with van der Waals surface area (Å²) in [4.78, 5) is 33.7. The predicted molar refractivity (Wildman–Crippen MR) is 157 cm³/mol. The van der Waals surface area contributed by atoms with Crippen LogP contribution in [-0.2, 0) is 9.59 Å². The lowest BCUT2D eigenvalue weighted by atomic mass is 10.2. The van der Waals surface area contributed by atoms with E-state index in [-0.39, 0.29) is 24.2 Å². The molecule has 1 N–H and O–H groups in total. The fourth-order valence-electron chi connectivity index (χ4n) is 4.82. The van der Waals surface area contributed by atoms with Crippen LogP contribution in [0.15, 0.2) is 82.6 Å². The Kier molecular flexibility index (Phi) is 8.86. The maximum atomic E-state index is 14.1. The van der Waals surface area contributed by atoms with Gasteiger partial charge in [-0.3, -0.25) is 19.4 Å². The summed E-state index contributed by atoms with van der Waals surface area (Å²) in [5.41, 5.74) is 2.22. The third kappa shape index (κ3) is 6.82. The van der Waals surface area contributed by atoms with Gasteiger partial charge in [0.1, 0.15) is 12.4 Å². The summed E-state index contributed by atoms with van der Waals surface area (Å²) >= 11 is 7.52. The summed E-state index contributed by atoms with van der Waals surface area (Å²) in [5, 5.41) is 3.57. The van der Waals surface area contributed by atoms with E-state index in [1.807, 2.05) is 54.6 Å². The van der Waals surface area contributed by atoms with E-state index in [0.29, 0.717) is 22.2 Å². The second kappa shape index (κ2) is 12.7. The molecule has 0 atom stereocenters. The molecule has 39 heavy (non-hydrogen) atoms. The molecule has 202 valence electrons. The first kappa shape index (κ1) is 27.2. The number of nitrogens with one attached hydrogen (secondary N) is 1. The zero-order chi connectivity index (χ0) is 27.2. The second-order valence-corrected chi connectivity index (χ2v) is 11.0. The number of amides is 2. The summed E-state index contributed by atoms with van der Waals surface area (Å²) in [6.45, 7) is 4.56. The van der Waals surface area contributed by atoms with E-state index < -0.39 is 0 Å². The van der Waals surface area contributed by atoms with Crippen LogP contribution < -0.4 is 15.1 Å². The molecule has 0 bridgehead atoms. The molecule has 0 aromatic heterocycles. The van der Waals surface area contributed by atoms with Crippen LogP contribution in [0.2, 0.25) is 5.02 Å². The van der Waals surface area contributed by atoms with E-state index in [2.05, 4.69) is 15.1 Å². The van der Waals surface area contributed by atoms with E-state index in [4.69, 9.17) is 11.6 Å². The zero-order valence-electron chi connectivity index (χ0n) is 21.5. The Morgan fingerprint density at radius 2 is 1.72 bits per heavy atom. The molecule has 0 aliphatic carbocycles. The van der Waals surface area contributed by atoms with Gasteiger partial charge in [0, 0.05) is 42.6 Å². The lowest BCUT2D eigenvalue weighted by Gasteiger charge is -2.36. The number of hydrogen-bond acceptors (Lipinski definition) is 5. The minimum absolute atomic E-state index is 0.0510. The molecule has 9 heteroatoms. The standard InChI is InChI=1S/C30H30ClFN4O2S/c31-23-8-5-7-22(19-23)20-28-30(38)36(26-11-3-4-12-27(26)39-28)21-29(37)33-13-6-14-34-15-17-35(18-16-34)25-10-2-1-9-24(25)32/h1-5,7-12,19-20H,6,13-18,21H2,(H,33,37)/b28-20-. The fourth-order valence-corrected chi connectivity index (χ4v) is 6.08. The highest BCUT2D eigenvalue weighted by Gasteiger charge is 2.30. The smallest absolute Gasteiger partial charge is 0.265 e. The number of benzene rings is 3. The number of anilines is 2. The molecule has 2 aliphatic heterocycles. The number of piperazine rings is 1. The fraction of sp³-hybridized carbons (Fsp3) is 0.267. The predicted octanol–water partition coefficient (Wildman–Crippen LogP) is 5.29. The van der Waals surface area contributed by atoms with Gasteiger partial charge < -0.3 is 10.2 Å². The summed E-state index contributed by atoms with van der Waals surface area (Å²) in [6.07, 6.45) is 2.61. The molecule has 6 nitrogen and oxygen atoms in total. The quantitative estimate of drug-likeness (QED) is 0.298. The van der Waals surface area contributed by atoms with Gasteiger partial charge in [-0.1, -0.05) is 59.8 Å². The highest BCUT2D eigenvalue weighted by molar-refractivity contribution is 8.04. The number of carbonyl (C=O) groups excluding carboxylic acids is 2. The van der Waals surface area contributed by atoms with Crippen molar-refractivity contribution in [1.82, 2.24) is 10.2 Å². The van der Waals surface area contributed by atoms with Crippen LogP contribution in [0.4, 0.5) is 15.8 Å². The van der Waals surface area contributed by atoms with Crippen molar-refractivity contribution in [2.75, 3.05) is 55.6 Å². The highest BCUT2D eigenvalue weighted by atomic mass is 35.5. The van der Waals surface area contributed by atoms with Crippen molar-refractivity contribution < 1.29 is 14.0 Å². The first-order valence-electron chi connectivity index (χ1n) is 13.0. The topological polar surface area (TPSA) is 55.9 Å². The van der Waals surface area contributed by atoms with Gasteiger partial charge in [0.05, 0.1) is 16.3 Å². The first-order valence-corrected chi connectivity index (χ1v) is 14.2. The lowest BCUT2D eigenvalue weighted by molar-refractivity contribution is -0.122. The summed E-state index contributed by atoms with van der Waals surface area (Å²) in [6, 6.07) is 21.8. The molecule has 3 aromatic rings. The molecule has 2 amide bonds. The molecule has 2 heterocycles. The Bertz CT molecular complexity index is 1380. The number of nitrogens with zero attached hydrogens (tertiary/aromatic N) is 3. The summed E-state index contributed by atoms with van der Waals surface area (Å²) in [7, 11) is 0. The molecule has 2 aliphatic rings. The number of carbonyl (C=O) groups is 2. The van der Waals surface area contributed by atoms with E-state index >= 15 is 0 Å². The zero-order valence-corrected chi connectivity index (χ0v) is 23.1. The van der Waals surface area contributed by atoms with Gasteiger partial charge >= 0.3 is 0 Å². The molecule has 1 saturated heterocycles. The molecule has 0 saturated carbocycles. The normalized spacial score (nSPS) is 16.9. The van der Waals surface area contributed by atoms with E-state index in [1.165, 1.54) is 17.8 Å². The number of rotatable bonds is 8. The average Bonchev–Trinajstić information content (AvgIpc) is 2.94. The SMILES string of the molecule is O=C(CN1C(=O)/C(=C/c2cccc(Cl)c2)Sc2ccccc21)NCCCN1CCN(c2ccccc2F)CC1. The van der Waals surface area contributed by atoms with Crippen molar-refractivity contribution in [2.24, 2.45) is 0 Å². The van der Waals surface area contributed by atoms with Gasteiger partial charge in [0.25, 0.3) is 5.91 Å². The minimum Gasteiger partial charge on any atom is -0.367 e. The maximum Gasteiger partial charge on any atom is 0.265 e. The van der Waals surface area contributed by atoms with Crippen LogP contribution in [0.25, 0.3) is 6.08 Å². The first-order chi connectivity index (χ1) is 19.0. The number of thioether (sulfide) groups is 1. The molecule has 1 fully saturated rings. The lowest BCUT2D eigenvalue weighted by Crippen LogP contribution is -2.47. The van der Waals surface area contributed by atoms with E-state index in [1.54, 1.807) is 23.1 Å². The van der Waals surface area contributed by atoms with Gasteiger partial charge in [0.15, 0.2) is 0 Å². The van der Waals surface area contributed by atoms with Crippen molar-refractivity contribution >= 4 is 52.6 Å². The van der Waals surface area contributed by atoms with Crippen LogP contribution in [0, 0.1) is 5.82 Å². The Hall–Kier alpha value is -3.33. The molecule has 0 unspecified atom stereocenters. The van der Waals surface area contributed by atoms with Crippen LogP contribution in [-0.4, -0.2) is 62.5 Å². The van der Waals surface area contributed by atoms with Crippen LogP contribution in [0.5, 0.6) is 0 Å². The Morgan fingerprint density at radius 1 is 0.974 bits per heavy atom. The number of para-hydroxylation sites is 2. The Labute approximate surface area is 237 Å². The van der Waals surface area contributed by atoms with Crippen LogP contribution in [0.3, 0.4) is 0 Å². The molecule has 3 aromatic carbocycles. The van der Waals surface area contributed by atoms with Crippen molar-refractivity contribution in [2.45, 2.75) is 11.3 Å². The van der Waals surface area contributed by atoms with Gasteiger partial charge in [-0.25, -0.2) is 4.39 Å². The Morgan fingerprint density at radius 3 is 2.49 bits per heavy atom. The van der Waals surface area contributed by atoms with Gasteiger partial charge in [-0.15, -0.1) is 0 Å². The van der Waals surface area contributed by atoms with E-state index in [9.17, 15) is 14.0 Å². The van der Waals surface area contributed by atoms with Crippen molar-refractivity contribution in [3.63, 3.8) is 0 Å². The van der Waals surface area contributed by atoms with Crippen LogP contribution in [0.1, 0.15) is 12.0 Å². The summed E-state index contributed by atoms with van der Waals surface area (Å²) in [5.74, 6) is -0.591. The molecule has 0 spiro atoms. The molecular weight excluding hydrogens is 535 g/mol. The second-order valence-electron chi connectivity index (χ2n) is 9.51. The highest BCUT2D eigenvalue weighted by Crippen LogP contribution is 2.42. The molecule has 5 rings (SSSR count). The molecular formula is C30H30ClFN4O2S. The third-order valence-electron chi connectivity index (χ3n) is 6.82. The molecule has 0 radical (unpaired) electrons. The van der Waals surface area contributed by atoms with Gasteiger partial charge in [-0.05, 0) is 61.0 Å². The van der Waals surface area contributed by atoms with Crippen molar-refractivity contribution in [1.29, 1.82) is 0 Å². The number of hydrogen-bond donors (Lipinski definition) is 1. The van der Waals surface area contributed by atoms with Gasteiger partial charge in [-0.2, -0.15) is 0 Å². The minimum atomic E-state index is -0.207. The van der Waals surface area contributed by atoms with Crippen LogP contribution >= 0.6 is 23.4 Å². The maximum absolute atomic E-state index is 14.1.